The van der Waals surface area contributed by atoms with Crippen molar-refractivity contribution in [1.29, 1.82) is 0 Å². The molecular weight excluding hydrogens is 228 g/mol. The summed E-state index contributed by atoms with van der Waals surface area (Å²) in [5.41, 5.74) is 0. The molecule has 0 bridgehead atoms. The Hall–Kier alpha value is -0.540. The van der Waals surface area contributed by atoms with Gasteiger partial charge >= 0.3 is 5.97 Å². The van der Waals surface area contributed by atoms with Crippen molar-refractivity contribution in [2.75, 3.05) is 12.5 Å². The first-order chi connectivity index (χ1) is 7.49. The van der Waals surface area contributed by atoms with Crippen molar-refractivity contribution in [3.8, 4) is 0 Å². The molecule has 0 amide bonds. The summed E-state index contributed by atoms with van der Waals surface area (Å²) in [5, 5.41) is 9.36. The predicted octanol–water partition coefficient (Wildman–Crippen LogP) is 2.37. The van der Waals surface area contributed by atoms with E-state index in [-0.39, 0.29) is 24.2 Å². The van der Waals surface area contributed by atoms with Crippen LogP contribution in [0.2, 0.25) is 0 Å². The highest BCUT2D eigenvalue weighted by Crippen LogP contribution is 2.14. The zero-order chi connectivity index (χ0) is 12.6. The van der Waals surface area contributed by atoms with Crippen molar-refractivity contribution in [3.63, 3.8) is 0 Å². The molecule has 0 aliphatic heterocycles. The van der Waals surface area contributed by atoms with E-state index < -0.39 is 6.10 Å². The number of hydrogen-bond acceptors (Lipinski definition) is 3. The molecule has 0 aromatic rings. The van der Waals surface area contributed by atoms with Gasteiger partial charge < -0.3 is 9.84 Å². The van der Waals surface area contributed by atoms with Gasteiger partial charge in [0.15, 0.2) is 0 Å². The molecule has 4 heteroatoms. The Labute approximate surface area is 102 Å². The van der Waals surface area contributed by atoms with Gasteiger partial charge in [-0.05, 0) is 18.3 Å². The maximum absolute atomic E-state index is 11.4. The van der Waals surface area contributed by atoms with Gasteiger partial charge in [-0.1, -0.05) is 19.9 Å². The van der Waals surface area contributed by atoms with E-state index in [2.05, 4.69) is 6.58 Å². The minimum absolute atomic E-state index is 0.0755. The number of halogens is 1. The molecule has 0 spiro atoms. The molecule has 0 unspecified atom stereocenters. The average Bonchev–Trinajstić information content (AvgIpc) is 2.25. The minimum Gasteiger partial charge on any atom is -0.465 e. The molecule has 0 heterocycles. The smallest absolute Gasteiger partial charge is 0.306 e. The van der Waals surface area contributed by atoms with E-state index in [0.29, 0.717) is 18.9 Å². The number of carbonyl (C=O) groups is 1. The molecular formula is C12H21ClO3. The topological polar surface area (TPSA) is 46.5 Å². The number of aliphatic hydroxyl groups excluding tert-OH is 1. The first-order valence-corrected chi connectivity index (χ1v) is 6.05. The molecule has 0 fully saturated rings. The lowest BCUT2D eigenvalue weighted by Gasteiger charge is -2.15. The lowest BCUT2D eigenvalue weighted by Crippen LogP contribution is -2.18. The first-order valence-electron chi connectivity index (χ1n) is 5.51. The Balaban J connectivity index is 3.92. The van der Waals surface area contributed by atoms with Gasteiger partial charge in [0.25, 0.3) is 0 Å². The lowest BCUT2D eigenvalue weighted by molar-refractivity contribution is -0.145. The Kier molecular flexibility index (Phi) is 8.30. The Morgan fingerprint density at radius 2 is 2.19 bits per heavy atom. The second-order valence-electron chi connectivity index (χ2n) is 4.32. The van der Waals surface area contributed by atoms with Crippen LogP contribution in [-0.2, 0) is 9.53 Å². The van der Waals surface area contributed by atoms with Crippen LogP contribution in [0, 0.1) is 11.8 Å². The third-order valence-corrected chi connectivity index (χ3v) is 2.45. The number of ether oxygens (including phenoxy) is 1. The number of aliphatic hydroxyl groups is 1. The molecule has 0 saturated heterocycles. The van der Waals surface area contributed by atoms with Crippen LogP contribution < -0.4 is 0 Å². The van der Waals surface area contributed by atoms with Gasteiger partial charge in [0.2, 0.25) is 0 Å². The van der Waals surface area contributed by atoms with Crippen molar-refractivity contribution in [2.45, 2.75) is 32.8 Å². The van der Waals surface area contributed by atoms with E-state index in [9.17, 15) is 9.90 Å². The molecule has 0 aromatic carbocycles. The molecule has 0 rings (SSSR count). The van der Waals surface area contributed by atoms with Gasteiger partial charge in [-0.15, -0.1) is 18.2 Å². The van der Waals surface area contributed by atoms with Crippen LogP contribution in [-0.4, -0.2) is 29.7 Å². The zero-order valence-corrected chi connectivity index (χ0v) is 10.7. The van der Waals surface area contributed by atoms with Crippen LogP contribution >= 0.6 is 11.6 Å². The third-order valence-electron chi connectivity index (χ3n) is 2.09. The van der Waals surface area contributed by atoms with E-state index in [4.69, 9.17) is 16.3 Å². The summed E-state index contributed by atoms with van der Waals surface area (Å²) >= 11 is 5.49. The molecule has 3 nitrogen and oxygen atoms in total. The van der Waals surface area contributed by atoms with Gasteiger partial charge in [0.1, 0.15) is 0 Å². The fourth-order valence-electron chi connectivity index (χ4n) is 1.21. The van der Waals surface area contributed by atoms with Crippen LogP contribution in [0.25, 0.3) is 0 Å². The Morgan fingerprint density at radius 1 is 1.56 bits per heavy atom. The largest absolute Gasteiger partial charge is 0.465 e. The molecule has 0 radical (unpaired) electrons. The molecule has 0 saturated carbocycles. The van der Waals surface area contributed by atoms with E-state index in [1.54, 1.807) is 6.08 Å². The molecule has 0 aliphatic carbocycles. The lowest BCUT2D eigenvalue weighted by atomic mass is 9.99. The van der Waals surface area contributed by atoms with Gasteiger partial charge in [-0.25, -0.2) is 0 Å². The Morgan fingerprint density at radius 3 is 2.62 bits per heavy atom. The number of carbonyl (C=O) groups excluding carboxylic acids is 1. The average molecular weight is 249 g/mol. The molecule has 1 N–H and O–H groups in total. The standard InChI is InChI=1S/C12H21ClO3/c1-4-10(5-11(14)7-13)6-12(15)16-8-9(2)3/h4,9-11,14H,1,5-8H2,2-3H3/t10-,11-/m0/s1. The number of hydrogen-bond donors (Lipinski definition) is 1. The van der Waals surface area contributed by atoms with Gasteiger partial charge in [0.05, 0.1) is 19.1 Å². The summed E-state index contributed by atoms with van der Waals surface area (Å²) in [5.74, 6) is 0.180. The van der Waals surface area contributed by atoms with Crippen molar-refractivity contribution < 1.29 is 14.6 Å². The summed E-state index contributed by atoms with van der Waals surface area (Å²) in [6.07, 6.45) is 1.77. The maximum atomic E-state index is 11.4. The highest BCUT2D eigenvalue weighted by molar-refractivity contribution is 6.18. The third kappa shape index (κ3) is 7.71. The number of alkyl halides is 1. The quantitative estimate of drug-likeness (QED) is 0.408. The highest BCUT2D eigenvalue weighted by atomic mass is 35.5. The molecule has 2 atom stereocenters. The van der Waals surface area contributed by atoms with E-state index >= 15 is 0 Å². The fourth-order valence-corrected chi connectivity index (χ4v) is 1.33. The summed E-state index contributed by atoms with van der Waals surface area (Å²) in [4.78, 5) is 11.4. The van der Waals surface area contributed by atoms with Crippen LogP contribution in [0.15, 0.2) is 12.7 Å². The molecule has 94 valence electrons. The summed E-state index contributed by atoms with van der Waals surface area (Å²) in [6, 6.07) is 0. The fraction of sp³-hybridized carbons (Fsp3) is 0.750. The highest BCUT2D eigenvalue weighted by Gasteiger charge is 2.16. The van der Waals surface area contributed by atoms with Crippen LogP contribution in [0.3, 0.4) is 0 Å². The predicted molar refractivity (Wildman–Crippen MR) is 65.4 cm³/mol. The summed E-state index contributed by atoms with van der Waals surface area (Å²) < 4.78 is 5.05. The minimum atomic E-state index is -0.595. The van der Waals surface area contributed by atoms with Gasteiger partial charge in [-0.2, -0.15) is 0 Å². The summed E-state index contributed by atoms with van der Waals surface area (Å²) in [6.45, 7) is 8.03. The van der Waals surface area contributed by atoms with Crippen LogP contribution in [0.1, 0.15) is 26.7 Å². The van der Waals surface area contributed by atoms with Crippen LogP contribution in [0.4, 0.5) is 0 Å². The van der Waals surface area contributed by atoms with Crippen molar-refractivity contribution in [2.24, 2.45) is 11.8 Å². The second kappa shape index (κ2) is 8.59. The SMILES string of the molecule is C=C[C@H](CC(=O)OCC(C)C)C[C@H](O)CCl. The summed E-state index contributed by atoms with van der Waals surface area (Å²) in [7, 11) is 0. The number of rotatable bonds is 8. The zero-order valence-electron chi connectivity index (χ0n) is 9.99. The molecule has 0 aliphatic rings. The number of esters is 1. The normalized spacial score (nSPS) is 14.6. The van der Waals surface area contributed by atoms with Gasteiger partial charge in [-0.3, -0.25) is 4.79 Å². The van der Waals surface area contributed by atoms with Crippen molar-refractivity contribution in [1.82, 2.24) is 0 Å². The van der Waals surface area contributed by atoms with E-state index in [1.165, 1.54) is 0 Å². The Bertz CT molecular complexity index is 216. The van der Waals surface area contributed by atoms with Crippen LogP contribution in [0.5, 0.6) is 0 Å². The maximum Gasteiger partial charge on any atom is 0.306 e. The van der Waals surface area contributed by atoms with E-state index in [0.717, 1.165) is 0 Å². The van der Waals surface area contributed by atoms with E-state index in [1.807, 2.05) is 13.8 Å². The van der Waals surface area contributed by atoms with Gasteiger partial charge in [0, 0.05) is 5.88 Å². The molecule has 16 heavy (non-hydrogen) atoms. The van der Waals surface area contributed by atoms with Crippen molar-refractivity contribution in [3.05, 3.63) is 12.7 Å². The molecule has 0 aromatic heterocycles. The number of allylic oxidation sites excluding steroid dienone is 1. The second-order valence-corrected chi connectivity index (χ2v) is 4.63. The first kappa shape index (κ1) is 15.5. The van der Waals surface area contributed by atoms with Crippen molar-refractivity contribution >= 4 is 17.6 Å². The monoisotopic (exact) mass is 248 g/mol.